The summed E-state index contributed by atoms with van der Waals surface area (Å²) in [5, 5.41) is 6.84. The molecule has 4 nitrogen and oxygen atoms in total. The van der Waals surface area contributed by atoms with E-state index in [4.69, 9.17) is 0 Å². The normalized spacial score (nSPS) is 20.0. The van der Waals surface area contributed by atoms with E-state index in [1.165, 1.54) is 16.9 Å². The van der Waals surface area contributed by atoms with Crippen molar-refractivity contribution in [3.8, 4) is 0 Å². The van der Waals surface area contributed by atoms with Crippen LogP contribution in [0.5, 0.6) is 0 Å². The van der Waals surface area contributed by atoms with Crippen molar-refractivity contribution in [2.45, 2.75) is 64.7 Å². The Bertz CT molecular complexity index is 604. The minimum Gasteiger partial charge on any atom is -0.352 e. The van der Waals surface area contributed by atoms with Gasteiger partial charge in [-0.05, 0) is 50.0 Å². The molecule has 5 heteroatoms. The van der Waals surface area contributed by atoms with Gasteiger partial charge in [-0.25, -0.2) is 0 Å². The lowest BCUT2D eigenvalue weighted by molar-refractivity contribution is -0.117. The highest BCUT2D eigenvalue weighted by Crippen LogP contribution is 2.44. The maximum absolute atomic E-state index is 12.7. The van der Waals surface area contributed by atoms with Crippen LogP contribution in [0.25, 0.3) is 0 Å². The molecule has 0 aromatic carbocycles. The number of anilines is 1. The van der Waals surface area contributed by atoms with Crippen molar-refractivity contribution >= 4 is 28.2 Å². The van der Waals surface area contributed by atoms with Crippen LogP contribution in [0.15, 0.2) is 0 Å². The van der Waals surface area contributed by atoms with E-state index in [0.29, 0.717) is 12.5 Å². The SMILES string of the molecule is CCCCNC(=O)c1c(NC(=O)C2CC2)sc2c1C(C)CCC2. The fraction of sp³-hybridized carbons (Fsp3) is 0.667. The molecule has 1 aromatic heterocycles. The zero-order valence-corrected chi connectivity index (χ0v) is 14.9. The monoisotopic (exact) mass is 334 g/mol. The number of nitrogens with one attached hydrogen (secondary N) is 2. The summed E-state index contributed by atoms with van der Waals surface area (Å²) in [4.78, 5) is 26.2. The molecule has 0 radical (unpaired) electrons. The summed E-state index contributed by atoms with van der Waals surface area (Å²) in [7, 11) is 0. The number of fused-ring (bicyclic) bond motifs is 1. The van der Waals surface area contributed by atoms with E-state index in [1.807, 2.05) is 0 Å². The Morgan fingerprint density at radius 3 is 2.74 bits per heavy atom. The van der Waals surface area contributed by atoms with Crippen molar-refractivity contribution in [3.05, 3.63) is 16.0 Å². The number of hydrogen-bond donors (Lipinski definition) is 2. The second-order valence-electron chi connectivity index (χ2n) is 6.81. The number of unbranched alkanes of at least 4 members (excludes halogenated alkanes) is 1. The van der Waals surface area contributed by atoms with Crippen LogP contribution < -0.4 is 10.6 Å². The molecule has 0 saturated heterocycles. The van der Waals surface area contributed by atoms with Crippen LogP contribution in [0.4, 0.5) is 5.00 Å². The Hall–Kier alpha value is -1.36. The number of carbonyl (C=O) groups is 2. The van der Waals surface area contributed by atoms with Crippen molar-refractivity contribution in [2.75, 3.05) is 11.9 Å². The van der Waals surface area contributed by atoms with Crippen LogP contribution in [0.1, 0.15) is 79.1 Å². The van der Waals surface area contributed by atoms with Crippen molar-refractivity contribution in [1.29, 1.82) is 0 Å². The summed E-state index contributed by atoms with van der Waals surface area (Å²) in [6.07, 6.45) is 7.31. The highest BCUT2D eigenvalue weighted by Gasteiger charge is 2.33. The largest absolute Gasteiger partial charge is 0.352 e. The van der Waals surface area contributed by atoms with Crippen LogP contribution in [-0.2, 0) is 11.2 Å². The molecule has 1 fully saturated rings. The minimum absolute atomic E-state index is 0.0178. The molecule has 2 aliphatic rings. The van der Waals surface area contributed by atoms with Gasteiger partial charge in [0.05, 0.1) is 5.56 Å². The third-order valence-electron chi connectivity index (χ3n) is 4.78. The van der Waals surface area contributed by atoms with E-state index >= 15 is 0 Å². The molecular weight excluding hydrogens is 308 g/mol. The van der Waals surface area contributed by atoms with Gasteiger partial charge in [-0.15, -0.1) is 11.3 Å². The zero-order chi connectivity index (χ0) is 16.4. The third kappa shape index (κ3) is 3.60. The van der Waals surface area contributed by atoms with E-state index in [1.54, 1.807) is 11.3 Å². The molecule has 1 saturated carbocycles. The van der Waals surface area contributed by atoms with Gasteiger partial charge in [0.1, 0.15) is 5.00 Å². The fourth-order valence-electron chi connectivity index (χ4n) is 3.25. The molecule has 1 heterocycles. The summed E-state index contributed by atoms with van der Waals surface area (Å²) >= 11 is 1.61. The first-order chi connectivity index (χ1) is 11.1. The molecule has 0 aliphatic heterocycles. The van der Waals surface area contributed by atoms with E-state index in [0.717, 1.165) is 49.1 Å². The number of hydrogen-bond acceptors (Lipinski definition) is 3. The average molecular weight is 334 g/mol. The maximum Gasteiger partial charge on any atom is 0.254 e. The quantitative estimate of drug-likeness (QED) is 0.771. The maximum atomic E-state index is 12.7. The lowest BCUT2D eigenvalue weighted by Crippen LogP contribution is -2.27. The van der Waals surface area contributed by atoms with Crippen LogP contribution in [0, 0.1) is 5.92 Å². The van der Waals surface area contributed by atoms with Crippen LogP contribution >= 0.6 is 11.3 Å². The topological polar surface area (TPSA) is 58.2 Å². The molecule has 2 N–H and O–H groups in total. The van der Waals surface area contributed by atoms with Gasteiger partial charge in [0, 0.05) is 17.3 Å². The minimum atomic E-state index is -0.0178. The van der Waals surface area contributed by atoms with Gasteiger partial charge in [-0.1, -0.05) is 20.3 Å². The first-order valence-electron chi connectivity index (χ1n) is 8.86. The lowest BCUT2D eigenvalue weighted by Gasteiger charge is -2.20. The molecule has 126 valence electrons. The second kappa shape index (κ2) is 7.04. The van der Waals surface area contributed by atoms with Gasteiger partial charge in [-0.3, -0.25) is 9.59 Å². The summed E-state index contributed by atoms with van der Waals surface area (Å²) in [5.41, 5.74) is 1.92. The van der Waals surface area contributed by atoms with E-state index in [-0.39, 0.29) is 17.7 Å². The molecule has 3 rings (SSSR count). The predicted octanol–water partition coefficient (Wildman–Crippen LogP) is 4.07. The summed E-state index contributed by atoms with van der Waals surface area (Å²) in [6, 6.07) is 0. The van der Waals surface area contributed by atoms with Crippen molar-refractivity contribution in [1.82, 2.24) is 5.32 Å². The summed E-state index contributed by atoms with van der Waals surface area (Å²) < 4.78 is 0. The van der Waals surface area contributed by atoms with Crippen LogP contribution in [0.3, 0.4) is 0 Å². The van der Waals surface area contributed by atoms with E-state index < -0.39 is 0 Å². The fourth-order valence-corrected chi connectivity index (χ4v) is 4.61. The second-order valence-corrected chi connectivity index (χ2v) is 7.91. The summed E-state index contributed by atoms with van der Waals surface area (Å²) in [5.74, 6) is 0.616. The Morgan fingerprint density at radius 1 is 1.26 bits per heavy atom. The van der Waals surface area contributed by atoms with Gasteiger partial charge in [-0.2, -0.15) is 0 Å². The molecule has 0 spiro atoms. The molecule has 1 aromatic rings. The van der Waals surface area contributed by atoms with E-state index in [2.05, 4.69) is 24.5 Å². The number of carbonyl (C=O) groups excluding carboxylic acids is 2. The standard InChI is InChI=1S/C18H26N2O2S/c1-3-4-10-19-17(22)15-14-11(2)6-5-7-13(14)23-18(15)20-16(21)12-8-9-12/h11-12H,3-10H2,1-2H3,(H,19,22)(H,20,21). The molecule has 2 amide bonds. The zero-order valence-electron chi connectivity index (χ0n) is 14.0. The van der Waals surface area contributed by atoms with Gasteiger partial charge in [0.15, 0.2) is 0 Å². The van der Waals surface area contributed by atoms with Gasteiger partial charge >= 0.3 is 0 Å². The Kier molecular flexibility index (Phi) is 5.05. The number of aryl methyl sites for hydroxylation is 1. The Balaban J connectivity index is 1.87. The highest BCUT2D eigenvalue weighted by atomic mass is 32.1. The molecule has 0 bridgehead atoms. The molecule has 2 aliphatic carbocycles. The highest BCUT2D eigenvalue weighted by molar-refractivity contribution is 7.17. The predicted molar refractivity (Wildman–Crippen MR) is 94.3 cm³/mol. The number of thiophene rings is 1. The van der Waals surface area contributed by atoms with Gasteiger partial charge in [0.2, 0.25) is 5.91 Å². The number of rotatable bonds is 6. The van der Waals surface area contributed by atoms with Gasteiger partial charge < -0.3 is 10.6 Å². The Morgan fingerprint density at radius 2 is 2.04 bits per heavy atom. The average Bonchev–Trinajstić information content (AvgIpc) is 3.30. The molecule has 23 heavy (non-hydrogen) atoms. The first-order valence-corrected chi connectivity index (χ1v) is 9.68. The third-order valence-corrected chi connectivity index (χ3v) is 5.96. The van der Waals surface area contributed by atoms with Crippen LogP contribution in [-0.4, -0.2) is 18.4 Å². The van der Waals surface area contributed by atoms with E-state index in [9.17, 15) is 9.59 Å². The Labute approximate surface area is 142 Å². The smallest absolute Gasteiger partial charge is 0.254 e. The number of amides is 2. The molecule has 1 atom stereocenters. The van der Waals surface area contributed by atoms with Crippen molar-refractivity contribution in [3.63, 3.8) is 0 Å². The van der Waals surface area contributed by atoms with Gasteiger partial charge in [0.25, 0.3) is 5.91 Å². The molecular formula is C18H26N2O2S. The van der Waals surface area contributed by atoms with Crippen molar-refractivity contribution < 1.29 is 9.59 Å². The summed E-state index contributed by atoms with van der Waals surface area (Å²) in [6.45, 7) is 5.01. The van der Waals surface area contributed by atoms with Crippen molar-refractivity contribution in [2.24, 2.45) is 5.92 Å². The first kappa shape index (κ1) is 16.5. The molecule has 1 unspecified atom stereocenters. The van der Waals surface area contributed by atoms with Crippen LogP contribution in [0.2, 0.25) is 0 Å². The lowest BCUT2D eigenvalue weighted by atomic mass is 9.86.